The Morgan fingerprint density at radius 2 is 1.11 bits per heavy atom. The molecule has 0 radical (unpaired) electrons. The van der Waals surface area contributed by atoms with E-state index in [0.717, 1.165) is 38.5 Å². The van der Waals surface area contributed by atoms with E-state index < -0.39 is 60.4 Å². The maximum atomic E-state index is 9.07. The van der Waals surface area contributed by atoms with Crippen LogP contribution in [-0.4, -0.2) is 18.7 Å². The number of pyridine rings is 1. The van der Waals surface area contributed by atoms with Crippen molar-refractivity contribution in [1.82, 2.24) is 18.7 Å². The second kappa shape index (κ2) is 18.6. The van der Waals surface area contributed by atoms with Gasteiger partial charge >= 0.3 is 0 Å². The Kier molecular flexibility index (Phi) is 9.26. The first-order valence-electron chi connectivity index (χ1n) is 29.6. The van der Waals surface area contributed by atoms with Crippen LogP contribution in [0.2, 0.25) is 0 Å². The van der Waals surface area contributed by atoms with Gasteiger partial charge in [-0.3, -0.25) is 4.57 Å². The summed E-state index contributed by atoms with van der Waals surface area (Å²) in [6.45, 7) is 13.5. The van der Waals surface area contributed by atoms with Gasteiger partial charge in [0.15, 0.2) is 0 Å². The summed E-state index contributed by atoms with van der Waals surface area (Å²) in [5.41, 5.74) is 9.10. The molecule has 0 aliphatic carbocycles. The van der Waals surface area contributed by atoms with Crippen molar-refractivity contribution in [2.45, 2.75) is 52.4 Å². The number of benzene rings is 9. The predicted molar refractivity (Wildman–Crippen MR) is 303 cm³/mol. The second-order valence-corrected chi connectivity index (χ2v) is 20.6. The van der Waals surface area contributed by atoms with Gasteiger partial charge in [-0.1, -0.05) is 180 Å². The number of aromatic nitrogens is 5. The minimum atomic E-state index is -0.575. The van der Waals surface area contributed by atoms with Gasteiger partial charge < -0.3 is 18.4 Å². The van der Waals surface area contributed by atoms with Crippen LogP contribution in [0, 0.1) is 18.5 Å². The molecule has 0 unspecified atom stereocenters. The van der Waals surface area contributed by atoms with Crippen molar-refractivity contribution in [2.75, 3.05) is 0 Å². The van der Waals surface area contributed by atoms with Crippen LogP contribution in [0.5, 0.6) is 11.5 Å². The molecule has 4 heterocycles. The molecule has 0 aliphatic heterocycles. The maximum absolute atomic E-state index is 9.07. The zero-order valence-corrected chi connectivity index (χ0v) is 44.2. The summed E-state index contributed by atoms with van der Waals surface area (Å²) < 4.78 is 102. The molecular formula is C68H53N5OPt-2. The largest absolute Gasteiger partial charge is 0.510 e. The molecule has 0 atom stereocenters. The van der Waals surface area contributed by atoms with Crippen molar-refractivity contribution in [1.29, 1.82) is 0 Å². The third-order valence-corrected chi connectivity index (χ3v) is 13.8. The number of para-hydroxylation sites is 4. The first-order valence-corrected chi connectivity index (χ1v) is 24.6. The molecule has 0 saturated carbocycles. The SMILES string of the molecule is [2H]c1c([2H])c([2H])c(-c2cccc(-c3c([2H])c([2H])c([2H])c([2H])c3[2H])c2-[n+]2[c-]n(-c3[c-]c(Oc4[c-]c5c(cc4)c4ccccc4n5-c4ccc(-n5c6ccc(C(C)(C)C)cc6c6cc(C(C)(C)C)ccc65)cn4)ccc3)c3ccccc32)c([2H])c1[2H].[Pt]. The Balaban J connectivity index is 0.00000709. The van der Waals surface area contributed by atoms with Gasteiger partial charge in [-0.2, -0.15) is 18.2 Å². The third-order valence-electron chi connectivity index (χ3n) is 13.8. The van der Waals surface area contributed by atoms with Crippen molar-refractivity contribution >= 4 is 54.6 Å². The van der Waals surface area contributed by atoms with Gasteiger partial charge in [0, 0.05) is 48.9 Å². The normalized spacial score (nSPS) is 13.9. The van der Waals surface area contributed by atoms with Gasteiger partial charge in [0.05, 0.1) is 53.3 Å². The summed E-state index contributed by atoms with van der Waals surface area (Å²) in [5, 5.41) is 4.37. The van der Waals surface area contributed by atoms with Crippen LogP contribution in [-0.2, 0) is 31.9 Å². The van der Waals surface area contributed by atoms with E-state index in [-0.39, 0.29) is 59.8 Å². The van der Waals surface area contributed by atoms with Gasteiger partial charge in [-0.25, -0.2) is 4.98 Å². The zero-order valence-electron chi connectivity index (χ0n) is 51.9. The van der Waals surface area contributed by atoms with Gasteiger partial charge in [0.1, 0.15) is 5.82 Å². The zero-order chi connectivity index (χ0) is 59.0. The van der Waals surface area contributed by atoms with Crippen LogP contribution in [0.25, 0.3) is 99.8 Å². The van der Waals surface area contributed by atoms with Gasteiger partial charge in [0.25, 0.3) is 6.33 Å². The molecular weight excluding hydrogens is 1100 g/mol. The number of hydrogen-bond donors (Lipinski definition) is 0. The summed E-state index contributed by atoms with van der Waals surface area (Å²) in [7, 11) is 0. The Bertz CT molecular complexity index is 4700. The third kappa shape index (κ3) is 8.34. The Hall–Kier alpha value is -8.31. The number of nitrogens with zero attached hydrogens (tertiary/aromatic N) is 5. The molecule has 7 heteroatoms. The van der Waals surface area contributed by atoms with Gasteiger partial charge in [-0.15, -0.1) is 29.7 Å². The van der Waals surface area contributed by atoms with Crippen LogP contribution in [0.1, 0.15) is 66.4 Å². The fourth-order valence-electron chi connectivity index (χ4n) is 10.2. The molecule has 0 spiro atoms. The number of rotatable bonds is 8. The van der Waals surface area contributed by atoms with E-state index in [1.807, 2.05) is 72.9 Å². The standard InChI is InChI=1S/C68H53N5O.Pt/c1-67(2,3)47-31-36-60-57(39-47)58-40-48(68(4,5)6)32-37-61(58)72(60)50-33-38-65(69-43-50)73-59-28-14-13-25-55(59)56-35-34-52(42-64(56)73)74-51-24-17-23-49(41-51)70-44-71(63-30-16-15-29-62(63)70)66-53(45-19-9-7-10-20-45)26-18-27-54(66)46-21-11-8-12-22-46;/h7-40,43H,1-6H3;/q-2;/i7D,8D,9D,10D,11D,12D,19D,20D,21D,22D;. The van der Waals surface area contributed by atoms with Crippen LogP contribution >= 0.6 is 0 Å². The molecule has 0 N–H and O–H groups in total. The molecule has 0 saturated heterocycles. The second-order valence-electron chi connectivity index (χ2n) is 20.6. The monoisotopic (exact) mass is 1160 g/mol. The van der Waals surface area contributed by atoms with E-state index in [4.69, 9.17) is 23.4 Å². The van der Waals surface area contributed by atoms with Crippen molar-refractivity contribution in [3.05, 3.63) is 242 Å². The first-order chi connectivity index (χ1) is 40.1. The smallest absolute Gasteiger partial charge is 0.268 e. The summed E-state index contributed by atoms with van der Waals surface area (Å²) in [5.74, 6) is 1.46. The van der Waals surface area contributed by atoms with E-state index in [9.17, 15) is 0 Å². The number of fused-ring (bicyclic) bond motifs is 7. The molecule has 0 bridgehead atoms. The average Bonchev–Trinajstić information content (AvgIpc) is 3.94. The quantitative estimate of drug-likeness (QED) is 0.112. The fourth-order valence-corrected chi connectivity index (χ4v) is 10.2. The fraction of sp³-hybridized carbons (Fsp3) is 0.118. The molecule has 368 valence electrons. The molecule has 13 aromatic rings. The molecule has 13 rings (SSSR count). The Morgan fingerprint density at radius 1 is 0.520 bits per heavy atom. The summed E-state index contributed by atoms with van der Waals surface area (Å²) >= 11 is 0. The van der Waals surface area contributed by atoms with Crippen LogP contribution in [0.3, 0.4) is 0 Å². The van der Waals surface area contributed by atoms with E-state index in [0.29, 0.717) is 34.0 Å². The molecule has 0 amide bonds. The first kappa shape index (κ1) is 37.4. The minimum absolute atomic E-state index is 0. The number of hydrogen-bond acceptors (Lipinski definition) is 2. The molecule has 6 nitrogen and oxygen atoms in total. The molecule has 0 fully saturated rings. The van der Waals surface area contributed by atoms with E-state index >= 15 is 0 Å². The van der Waals surface area contributed by atoms with E-state index in [1.54, 1.807) is 33.4 Å². The molecule has 0 aliphatic rings. The summed E-state index contributed by atoms with van der Waals surface area (Å²) in [6, 6.07) is 49.0. The number of imidazole rings is 1. The van der Waals surface area contributed by atoms with E-state index in [2.05, 4.69) is 124 Å². The van der Waals surface area contributed by atoms with Crippen LogP contribution in [0.4, 0.5) is 0 Å². The van der Waals surface area contributed by atoms with Crippen molar-refractivity contribution in [3.63, 3.8) is 0 Å². The van der Waals surface area contributed by atoms with Crippen LogP contribution in [0.15, 0.2) is 212 Å². The Morgan fingerprint density at radius 3 is 1.73 bits per heavy atom. The van der Waals surface area contributed by atoms with Gasteiger partial charge in [0.2, 0.25) is 0 Å². The van der Waals surface area contributed by atoms with Crippen molar-refractivity contribution in [3.8, 4) is 56.6 Å². The van der Waals surface area contributed by atoms with E-state index in [1.165, 1.54) is 21.9 Å². The molecule has 75 heavy (non-hydrogen) atoms. The molecule has 9 aromatic carbocycles. The molecule has 4 aromatic heterocycles. The minimum Gasteiger partial charge on any atom is -0.510 e. The Labute approximate surface area is 466 Å². The van der Waals surface area contributed by atoms with Crippen molar-refractivity contribution in [2.24, 2.45) is 0 Å². The summed E-state index contributed by atoms with van der Waals surface area (Å²) in [6.07, 6.45) is 5.36. The topological polar surface area (TPSA) is 40.8 Å². The maximum Gasteiger partial charge on any atom is 0.268 e. The van der Waals surface area contributed by atoms with Crippen LogP contribution < -0.4 is 9.30 Å². The van der Waals surface area contributed by atoms with Crippen molar-refractivity contribution < 1.29 is 44.1 Å². The predicted octanol–water partition coefficient (Wildman–Crippen LogP) is 16.6. The summed E-state index contributed by atoms with van der Waals surface area (Å²) in [4.78, 5) is 5.18. The average molecular weight is 1160 g/mol. The van der Waals surface area contributed by atoms with Gasteiger partial charge in [-0.05, 0) is 97.7 Å². The number of ether oxygens (including phenoxy) is 1.